The first-order valence-corrected chi connectivity index (χ1v) is 14.5. The summed E-state index contributed by atoms with van der Waals surface area (Å²) < 4.78 is 35.7. The van der Waals surface area contributed by atoms with Gasteiger partial charge in [0.1, 0.15) is 0 Å². The summed E-state index contributed by atoms with van der Waals surface area (Å²) in [6, 6.07) is 6.30. The van der Waals surface area contributed by atoms with Gasteiger partial charge in [-0.3, -0.25) is 4.79 Å². The number of rotatable bonds is 9. The van der Waals surface area contributed by atoms with Crippen molar-refractivity contribution in [3.8, 4) is 0 Å². The zero-order valence-electron chi connectivity index (χ0n) is 19.9. The Balaban J connectivity index is 1.39. The van der Waals surface area contributed by atoms with Gasteiger partial charge in [0.2, 0.25) is 15.9 Å². The number of amides is 1. The molecule has 1 aromatic carbocycles. The lowest BCUT2D eigenvalue weighted by Crippen LogP contribution is -2.59. The molecular formula is C25H36ClN3O4S. The van der Waals surface area contributed by atoms with Crippen LogP contribution in [-0.2, 0) is 19.6 Å². The third kappa shape index (κ3) is 4.89. The first-order chi connectivity index (χ1) is 16.3. The van der Waals surface area contributed by atoms with Crippen LogP contribution in [0.25, 0.3) is 0 Å². The van der Waals surface area contributed by atoms with E-state index < -0.39 is 10.0 Å². The monoisotopic (exact) mass is 509 g/mol. The molecule has 3 atom stereocenters. The van der Waals surface area contributed by atoms with Crippen molar-refractivity contribution in [2.45, 2.75) is 74.9 Å². The molecule has 2 saturated carbocycles. The largest absolute Gasteiger partial charge is 0.378 e. The van der Waals surface area contributed by atoms with E-state index in [4.69, 9.17) is 16.3 Å². The van der Waals surface area contributed by atoms with Gasteiger partial charge in [-0.2, -0.15) is 4.31 Å². The summed E-state index contributed by atoms with van der Waals surface area (Å²) in [4.78, 5) is 15.6. The van der Waals surface area contributed by atoms with Crippen molar-refractivity contribution in [3.05, 3.63) is 29.3 Å². The highest BCUT2D eigenvalue weighted by Gasteiger charge is 2.59. The van der Waals surface area contributed by atoms with Crippen molar-refractivity contribution < 1.29 is 17.9 Å². The molecule has 7 nitrogen and oxygen atoms in total. The number of hydrogen-bond acceptors (Lipinski definition) is 5. The van der Waals surface area contributed by atoms with Crippen LogP contribution in [0.3, 0.4) is 0 Å². The molecule has 9 heteroatoms. The summed E-state index contributed by atoms with van der Waals surface area (Å²) in [5.41, 5.74) is -0.347. The smallest absolute Gasteiger partial charge is 0.243 e. The minimum Gasteiger partial charge on any atom is -0.378 e. The van der Waals surface area contributed by atoms with E-state index in [-0.39, 0.29) is 28.3 Å². The van der Waals surface area contributed by atoms with Crippen molar-refractivity contribution in [2.75, 3.05) is 32.8 Å². The van der Waals surface area contributed by atoms with E-state index in [2.05, 4.69) is 5.32 Å². The molecule has 1 N–H and O–H groups in total. The summed E-state index contributed by atoms with van der Waals surface area (Å²) in [7, 11) is -3.75. The molecule has 4 aliphatic rings. The summed E-state index contributed by atoms with van der Waals surface area (Å²) in [5, 5.41) is 3.99. The molecule has 0 aromatic heterocycles. The molecule has 2 aliphatic heterocycles. The fourth-order valence-electron chi connectivity index (χ4n) is 5.81. The highest BCUT2D eigenvalue weighted by Crippen LogP contribution is 2.56. The molecule has 34 heavy (non-hydrogen) atoms. The van der Waals surface area contributed by atoms with Crippen molar-refractivity contribution >= 4 is 27.5 Å². The van der Waals surface area contributed by atoms with Crippen molar-refractivity contribution in [2.24, 2.45) is 11.3 Å². The van der Waals surface area contributed by atoms with Crippen LogP contribution < -0.4 is 5.32 Å². The Hall–Kier alpha value is -1.19. The van der Waals surface area contributed by atoms with Gasteiger partial charge < -0.3 is 15.0 Å². The predicted octanol–water partition coefficient (Wildman–Crippen LogP) is 3.28. The van der Waals surface area contributed by atoms with Crippen LogP contribution in [0, 0.1) is 11.3 Å². The van der Waals surface area contributed by atoms with Crippen molar-refractivity contribution in [1.82, 2.24) is 14.5 Å². The van der Waals surface area contributed by atoms with Crippen LogP contribution in [0.15, 0.2) is 29.2 Å². The molecule has 1 aromatic rings. The molecule has 0 radical (unpaired) electrons. The minimum absolute atomic E-state index is 0.131. The third-order valence-corrected chi connectivity index (χ3v) is 10.4. The Labute approximate surface area is 208 Å². The van der Waals surface area contributed by atoms with Crippen LogP contribution in [0.2, 0.25) is 5.02 Å². The number of morpholine rings is 1. The number of carbonyl (C=O) groups excluding carboxylic acids is 1. The molecule has 4 fully saturated rings. The van der Waals surface area contributed by atoms with E-state index in [0.717, 1.165) is 51.6 Å². The van der Waals surface area contributed by atoms with E-state index in [1.807, 2.05) is 11.8 Å². The average molecular weight is 510 g/mol. The summed E-state index contributed by atoms with van der Waals surface area (Å²) in [5.74, 6) is 0.461. The second-order valence-corrected chi connectivity index (χ2v) is 12.8. The van der Waals surface area contributed by atoms with Crippen LogP contribution in [0.5, 0.6) is 0 Å². The van der Waals surface area contributed by atoms with E-state index in [0.29, 0.717) is 43.2 Å². The Morgan fingerprint density at radius 3 is 2.53 bits per heavy atom. The summed E-state index contributed by atoms with van der Waals surface area (Å²) >= 11 is 6.03. The number of nitrogens with one attached hydrogen (secondary N) is 1. The maximum absolute atomic E-state index is 14.0. The summed E-state index contributed by atoms with van der Waals surface area (Å²) in [6.07, 6.45) is 6.40. The highest BCUT2D eigenvalue weighted by atomic mass is 35.5. The van der Waals surface area contributed by atoms with Gasteiger partial charge in [0.15, 0.2) is 0 Å². The Kier molecular flexibility index (Phi) is 6.99. The van der Waals surface area contributed by atoms with Gasteiger partial charge >= 0.3 is 0 Å². The molecule has 1 amide bonds. The van der Waals surface area contributed by atoms with Gasteiger partial charge in [-0.25, -0.2) is 8.42 Å². The number of benzene rings is 1. The van der Waals surface area contributed by atoms with Crippen LogP contribution in [-0.4, -0.2) is 74.5 Å². The lowest BCUT2D eigenvalue weighted by Gasteiger charge is -2.45. The first-order valence-electron chi connectivity index (χ1n) is 12.7. The number of likely N-dealkylation sites (N-methyl/N-ethyl adjacent to an activating group) is 1. The van der Waals surface area contributed by atoms with E-state index >= 15 is 0 Å². The number of sulfonamides is 1. The maximum atomic E-state index is 14.0. The van der Waals surface area contributed by atoms with Gasteiger partial charge in [-0.15, -0.1) is 0 Å². The number of ether oxygens (including phenoxy) is 1. The standard InChI is InChI=1S/C25H36ClN3O4S/c1-2-28(15-20-4-3-13-27-20)24(30)14-25(11-12-25)23-17-33-16-22(18-5-6-18)29(23)34(31,32)21-9-7-19(26)8-10-21/h7-10,18,20,22-23,27H,2-6,11-17H2,1H3/t20?,22-,23+/m0/s1. The molecular weight excluding hydrogens is 474 g/mol. The van der Waals surface area contributed by atoms with Gasteiger partial charge in [-0.1, -0.05) is 11.6 Å². The zero-order valence-corrected chi connectivity index (χ0v) is 21.5. The molecule has 0 bridgehead atoms. The third-order valence-electron chi connectivity index (χ3n) is 8.19. The SMILES string of the molecule is CCN(CC1CCCN1)C(=O)CC1([C@H]2COC[C@@H](C3CC3)N2S(=O)(=O)c2ccc(Cl)cc2)CC1. The van der Waals surface area contributed by atoms with Crippen molar-refractivity contribution in [3.63, 3.8) is 0 Å². The molecule has 0 spiro atoms. The molecule has 2 heterocycles. The van der Waals surface area contributed by atoms with E-state index in [9.17, 15) is 13.2 Å². The predicted molar refractivity (Wildman–Crippen MR) is 131 cm³/mol. The number of nitrogens with zero attached hydrogens (tertiary/aromatic N) is 2. The molecule has 2 aliphatic carbocycles. The number of carbonyl (C=O) groups is 1. The second-order valence-electron chi connectivity index (χ2n) is 10.5. The Morgan fingerprint density at radius 2 is 1.94 bits per heavy atom. The lowest BCUT2D eigenvalue weighted by molar-refractivity contribution is -0.134. The van der Waals surface area contributed by atoms with Crippen LogP contribution in [0.1, 0.15) is 51.9 Å². The topological polar surface area (TPSA) is 79.0 Å². The maximum Gasteiger partial charge on any atom is 0.243 e. The molecule has 188 valence electrons. The van der Waals surface area contributed by atoms with Gasteiger partial charge in [-0.05, 0) is 87.6 Å². The number of hydrogen-bond donors (Lipinski definition) is 1. The highest BCUT2D eigenvalue weighted by molar-refractivity contribution is 7.89. The van der Waals surface area contributed by atoms with Crippen LogP contribution in [0.4, 0.5) is 0 Å². The zero-order chi connectivity index (χ0) is 23.9. The second kappa shape index (κ2) is 9.69. The fourth-order valence-corrected chi connectivity index (χ4v) is 7.87. The van der Waals surface area contributed by atoms with Crippen molar-refractivity contribution in [1.29, 1.82) is 0 Å². The Morgan fingerprint density at radius 1 is 1.21 bits per heavy atom. The average Bonchev–Trinajstić information content (AvgIpc) is 3.76. The first kappa shape index (κ1) is 24.5. The normalized spacial score (nSPS) is 29.2. The quantitative estimate of drug-likeness (QED) is 0.552. The fraction of sp³-hybridized carbons (Fsp3) is 0.720. The van der Waals surface area contributed by atoms with Gasteiger partial charge in [0.05, 0.1) is 30.2 Å². The molecule has 1 unspecified atom stereocenters. The number of halogens is 1. The van der Waals surface area contributed by atoms with Crippen LogP contribution >= 0.6 is 11.6 Å². The lowest BCUT2D eigenvalue weighted by atomic mass is 9.90. The van der Waals surface area contributed by atoms with Gasteiger partial charge in [0.25, 0.3) is 0 Å². The Bertz CT molecular complexity index is 988. The summed E-state index contributed by atoms with van der Waals surface area (Å²) in [6.45, 7) is 5.21. The minimum atomic E-state index is -3.75. The molecule has 2 saturated heterocycles. The van der Waals surface area contributed by atoms with E-state index in [1.165, 1.54) is 0 Å². The molecule has 5 rings (SSSR count). The van der Waals surface area contributed by atoms with Gasteiger partial charge in [0, 0.05) is 30.6 Å². The van der Waals surface area contributed by atoms with E-state index in [1.54, 1.807) is 28.6 Å².